The first-order valence-corrected chi connectivity index (χ1v) is 6.87. The average Bonchev–Trinajstić information content (AvgIpc) is 2.48. The highest BCUT2D eigenvalue weighted by Crippen LogP contribution is 2.31. The van der Waals surface area contributed by atoms with E-state index in [0.717, 1.165) is 17.7 Å². The third kappa shape index (κ3) is 2.44. The van der Waals surface area contributed by atoms with Gasteiger partial charge in [-0.05, 0) is 18.2 Å². The van der Waals surface area contributed by atoms with Crippen molar-refractivity contribution in [1.82, 2.24) is 10.3 Å². The van der Waals surface area contributed by atoms with E-state index in [4.69, 9.17) is 17.0 Å². The van der Waals surface area contributed by atoms with Gasteiger partial charge < -0.3 is 15.0 Å². The van der Waals surface area contributed by atoms with Gasteiger partial charge in [0.05, 0.1) is 18.2 Å². The fourth-order valence-corrected chi connectivity index (χ4v) is 2.56. The molecule has 0 saturated heterocycles. The van der Waals surface area contributed by atoms with Crippen LogP contribution in [0.1, 0.15) is 28.4 Å². The van der Waals surface area contributed by atoms with Crippen LogP contribution >= 0.6 is 12.2 Å². The molecule has 2 N–H and O–H groups in total. The van der Waals surface area contributed by atoms with Crippen LogP contribution in [0.5, 0.6) is 5.75 Å². The first-order chi connectivity index (χ1) is 9.75. The Bertz CT molecular complexity index is 696. The Balaban J connectivity index is 1.85. The lowest BCUT2D eigenvalue weighted by Gasteiger charge is -2.26. The van der Waals surface area contributed by atoms with Crippen molar-refractivity contribution in [2.45, 2.75) is 12.5 Å². The highest BCUT2D eigenvalue weighted by atomic mass is 32.1. The van der Waals surface area contributed by atoms with Crippen LogP contribution < -0.4 is 10.1 Å². The first kappa shape index (κ1) is 12.9. The van der Waals surface area contributed by atoms with E-state index in [0.29, 0.717) is 16.8 Å². The predicted octanol–water partition coefficient (Wildman–Crippen LogP) is 3.00. The van der Waals surface area contributed by atoms with Crippen molar-refractivity contribution < 1.29 is 9.53 Å². The van der Waals surface area contributed by atoms with E-state index in [1.165, 1.54) is 0 Å². The number of amides is 1. The maximum atomic E-state index is 12.3. The number of aromatic amines is 1. The minimum Gasteiger partial charge on any atom is -0.493 e. The summed E-state index contributed by atoms with van der Waals surface area (Å²) in [6.45, 7) is 0.601. The van der Waals surface area contributed by atoms with Gasteiger partial charge in [0.1, 0.15) is 10.4 Å². The smallest absolute Gasteiger partial charge is 0.254 e. The average molecular weight is 286 g/mol. The molecule has 0 spiro atoms. The standard InChI is InChI=1S/C15H14N2O2S/c18-14(11-5-3-8-16-15(11)20)17-12-7-9-19-13-6-2-1-4-10(12)13/h1-6,8,12H,7,9H2,(H,16,20)(H,17,18)/t12-/m0/s1. The van der Waals surface area contributed by atoms with E-state index >= 15 is 0 Å². The maximum absolute atomic E-state index is 12.3. The van der Waals surface area contributed by atoms with Gasteiger partial charge in [-0.15, -0.1) is 0 Å². The molecule has 20 heavy (non-hydrogen) atoms. The number of rotatable bonds is 2. The molecular formula is C15H14N2O2S. The summed E-state index contributed by atoms with van der Waals surface area (Å²) >= 11 is 5.13. The number of carbonyl (C=O) groups excluding carboxylic acids is 1. The van der Waals surface area contributed by atoms with E-state index in [1.54, 1.807) is 18.3 Å². The number of pyridine rings is 1. The highest BCUT2D eigenvalue weighted by molar-refractivity contribution is 7.71. The van der Waals surface area contributed by atoms with Crippen LogP contribution in [0.4, 0.5) is 0 Å². The van der Waals surface area contributed by atoms with Crippen molar-refractivity contribution in [3.8, 4) is 5.75 Å². The Morgan fingerprint density at radius 2 is 2.15 bits per heavy atom. The molecule has 0 radical (unpaired) electrons. The number of aromatic nitrogens is 1. The van der Waals surface area contributed by atoms with Gasteiger partial charge in [0.25, 0.3) is 5.91 Å². The van der Waals surface area contributed by atoms with E-state index in [2.05, 4.69) is 10.3 Å². The van der Waals surface area contributed by atoms with Crippen LogP contribution in [-0.4, -0.2) is 17.5 Å². The lowest BCUT2D eigenvalue weighted by atomic mass is 10.0. The van der Waals surface area contributed by atoms with Crippen LogP contribution in [0.2, 0.25) is 0 Å². The Morgan fingerprint density at radius 1 is 1.30 bits per heavy atom. The van der Waals surface area contributed by atoms with Crippen LogP contribution in [0, 0.1) is 4.64 Å². The summed E-state index contributed by atoms with van der Waals surface area (Å²) in [5.41, 5.74) is 1.50. The van der Waals surface area contributed by atoms with E-state index < -0.39 is 0 Å². The van der Waals surface area contributed by atoms with Gasteiger partial charge in [-0.1, -0.05) is 30.4 Å². The number of carbonyl (C=O) groups is 1. The molecule has 3 rings (SSSR count). The largest absolute Gasteiger partial charge is 0.493 e. The van der Waals surface area contributed by atoms with Gasteiger partial charge >= 0.3 is 0 Å². The van der Waals surface area contributed by atoms with Crippen LogP contribution in [-0.2, 0) is 0 Å². The second-order valence-electron chi connectivity index (χ2n) is 4.61. The van der Waals surface area contributed by atoms with E-state index in [1.807, 2.05) is 24.3 Å². The van der Waals surface area contributed by atoms with Crippen LogP contribution in [0.3, 0.4) is 0 Å². The zero-order valence-electron chi connectivity index (χ0n) is 10.8. The van der Waals surface area contributed by atoms with Gasteiger partial charge in [-0.3, -0.25) is 4.79 Å². The van der Waals surface area contributed by atoms with Gasteiger partial charge in [-0.25, -0.2) is 0 Å². The number of ether oxygens (including phenoxy) is 1. The normalized spacial score (nSPS) is 16.9. The minimum atomic E-state index is -0.159. The van der Waals surface area contributed by atoms with Gasteiger partial charge in [0.2, 0.25) is 0 Å². The molecule has 2 aromatic rings. The monoisotopic (exact) mass is 286 g/mol. The topological polar surface area (TPSA) is 54.1 Å². The number of fused-ring (bicyclic) bond motifs is 1. The van der Waals surface area contributed by atoms with Crippen molar-refractivity contribution >= 4 is 18.1 Å². The molecule has 1 aromatic carbocycles. The van der Waals surface area contributed by atoms with Crippen molar-refractivity contribution in [2.75, 3.05) is 6.61 Å². The summed E-state index contributed by atoms with van der Waals surface area (Å²) in [5, 5.41) is 3.03. The molecule has 0 unspecified atom stereocenters. The fourth-order valence-electron chi connectivity index (χ4n) is 2.33. The van der Waals surface area contributed by atoms with Crippen LogP contribution in [0.25, 0.3) is 0 Å². The highest BCUT2D eigenvalue weighted by Gasteiger charge is 2.23. The van der Waals surface area contributed by atoms with Crippen molar-refractivity contribution in [1.29, 1.82) is 0 Å². The Morgan fingerprint density at radius 3 is 3.00 bits per heavy atom. The number of benzene rings is 1. The van der Waals surface area contributed by atoms with Gasteiger partial charge in [0, 0.05) is 18.2 Å². The molecule has 1 aromatic heterocycles. The second-order valence-corrected chi connectivity index (χ2v) is 5.02. The van der Waals surface area contributed by atoms with Crippen molar-refractivity contribution in [3.05, 3.63) is 58.4 Å². The lowest BCUT2D eigenvalue weighted by molar-refractivity contribution is 0.0924. The quantitative estimate of drug-likeness (QED) is 0.834. The van der Waals surface area contributed by atoms with Gasteiger partial charge in [0.15, 0.2) is 0 Å². The number of hydrogen-bond acceptors (Lipinski definition) is 3. The Kier molecular flexibility index (Phi) is 3.52. The summed E-state index contributed by atoms with van der Waals surface area (Å²) < 4.78 is 6.04. The third-order valence-corrected chi connectivity index (χ3v) is 3.66. The summed E-state index contributed by atoms with van der Waals surface area (Å²) in [5.74, 6) is 0.677. The molecule has 1 amide bonds. The molecule has 0 saturated carbocycles. The first-order valence-electron chi connectivity index (χ1n) is 6.46. The SMILES string of the molecule is O=C(N[C@H]1CCOc2ccccc21)c1ccc[nH]c1=S. The predicted molar refractivity (Wildman–Crippen MR) is 78.4 cm³/mol. The summed E-state index contributed by atoms with van der Waals surface area (Å²) in [4.78, 5) is 15.2. The molecule has 102 valence electrons. The summed E-state index contributed by atoms with van der Waals surface area (Å²) in [6, 6.07) is 11.2. The summed E-state index contributed by atoms with van der Waals surface area (Å²) in [7, 11) is 0. The van der Waals surface area contributed by atoms with Gasteiger partial charge in [-0.2, -0.15) is 0 Å². The molecule has 1 atom stereocenters. The Hall–Kier alpha value is -2.14. The fraction of sp³-hybridized carbons (Fsp3) is 0.200. The van der Waals surface area contributed by atoms with E-state index in [-0.39, 0.29) is 11.9 Å². The third-order valence-electron chi connectivity index (χ3n) is 3.33. The molecule has 0 bridgehead atoms. The maximum Gasteiger partial charge on any atom is 0.254 e. The molecule has 0 aliphatic carbocycles. The molecule has 4 nitrogen and oxygen atoms in total. The minimum absolute atomic E-state index is 0.0398. The van der Waals surface area contributed by atoms with Crippen molar-refractivity contribution in [2.24, 2.45) is 0 Å². The molecular weight excluding hydrogens is 272 g/mol. The molecule has 1 aliphatic heterocycles. The zero-order chi connectivity index (χ0) is 13.9. The number of hydrogen-bond donors (Lipinski definition) is 2. The second kappa shape index (κ2) is 5.46. The van der Waals surface area contributed by atoms with E-state index in [9.17, 15) is 4.79 Å². The summed E-state index contributed by atoms with van der Waals surface area (Å²) in [6.07, 6.45) is 2.47. The molecule has 0 fully saturated rings. The number of para-hydroxylation sites is 1. The lowest BCUT2D eigenvalue weighted by Crippen LogP contribution is -2.32. The molecule has 5 heteroatoms. The molecule has 2 heterocycles. The Labute approximate surface area is 121 Å². The number of H-pyrrole nitrogens is 1. The van der Waals surface area contributed by atoms with Crippen molar-refractivity contribution in [3.63, 3.8) is 0 Å². The van der Waals surface area contributed by atoms with Crippen LogP contribution in [0.15, 0.2) is 42.6 Å². The number of nitrogens with one attached hydrogen (secondary N) is 2. The molecule has 1 aliphatic rings. The zero-order valence-corrected chi connectivity index (χ0v) is 11.6.